The van der Waals surface area contributed by atoms with E-state index in [0.29, 0.717) is 0 Å². The summed E-state index contributed by atoms with van der Waals surface area (Å²) >= 11 is 4.23. The fraction of sp³-hybridized carbons (Fsp3) is 0.571. The number of thiol groups is 1. The third-order valence-electron chi connectivity index (χ3n) is 5.50. The van der Waals surface area contributed by atoms with Gasteiger partial charge in [-0.15, -0.1) is 12.6 Å². The zero-order valence-electron chi connectivity index (χ0n) is 21.1. The Morgan fingerprint density at radius 1 is 0.727 bits per heavy atom. The molecule has 0 bridgehead atoms. The van der Waals surface area contributed by atoms with Crippen molar-refractivity contribution in [2.45, 2.75) is 107 Å². The number of hydrogen-bond acceptors (Lipinski definition) is 4. The average Bonchev–Trinajstić information content (AvgIpc) is 2.78. The Balaban J connectivity index is 0.000000412. The van der Waals surface area contributed by atoms with Crippen LogP contribution in [-0.4, -0.2) is 15.0 Å². The lowest BCUT2D eigenvalue weighted by Gasteiger charge is -2.18. The standard InChI is InChI=1S/C18H30O3S.C10H14S/c1-2-3-4-5-6-7-8-9-10-14-17-21-22(19,20)18-15-12-11-13-16-18;1-10(2,3)8-4-6-9(11)7-5-8/h11-13,15-16H,2-10,14,17H2,1H3;4-7,11H,1-3H3. The van der Waals surface area contributed by atoms with Gasteiger partial charge in [0.15, 0.2) is 0 Å². The second kappa shape index (κ2) is 16.3. The molecule has 0 heterocycles. The predicted octanol–water partition coefficient (Wildman–Crippen LogP) is 8.59. The third kappa shape index (κ3) is 13.9. The van der Waals surface area contributed by atoms with Gasteiger partial charge in [-0.2, -0.15) is 8.42 Å². The van der Waals surface area contributed by atoms with Crippen LogP contribution in [0.25, 0.3) is 0 Å². The SMILES string of the molecule is CC(C)(C)c1ccc(S)cc1.CCCCCCCCCCCCOS(=O)(=O)c1ccccc1. The highest BCUT2D eigenvalue weighted by Crippen LogP contribution is 2.22. The molecular weight excluding hydrogens is 448 g/mol. The first kappa shape index (κ1) is 29.7. The molecule has 2 aromatic rings. The van der Waals surface area contributed by atoms with E-state index < -0.39 is 10.1 Å². The van der Waals surface area contributed by atoms with E-state index >= 15 is 0 Å². The third-order valence-corrected chi connectivity index (χ3v) is 7.13. The average molecular weight is 493 g/mol. The van der Waals surface area contributed by atoms with Crippen molar-refractivity contribution in [3.8, 4) is 0 Å². The molecule has 3 nitrogen and oxygen atoms in total. The highest BCUT2D eigenvalue weighted by molar-refractivity contribution is 7.86. The molecule has 0 aliphatic carbocycles. The fourth-order valence-corrected chi connectivity index (χ4v) is 4.49. The van der Waals surface area contributed by atoms with Gasteiger partial charge in [0.05, 0.1) is 11.5 Å². The van der Waals surface area contributed by atoms with Crippen molar-refractivity contribution in [2.24, 2.45) is 0 Å². The molecule has 186 valence electrons. The molecule has 0 atom stereocenters. The van der Waals surface area contributed by atoms with Gasteiger partial charge in [0, 0.05) is 4.90 Å². The second-order valence-corrected chi connectivity index (χ2v) is 11.7. The van der Waals surface area contributed by atoms with E-state index in [1.165, 1.54) is 56.9 Å². The summed E-state index contributed by atoms with van der Waals surface area (Å²) in [7, 11) is -3.57. The van der Waals surface area contributed by atoms with E-state index in [2.05, 4.69) is 52.5 Å². The maximum absolute atomic E-state index is 11.9. The molecule has 0 spiro atoms. The summed E-state index contributed by atoms with van der Waals surface area (Å²) < 4.78 is 28.8. The van der Waals surface area contributed by atoms with Crippen LogP contribution in [0.2, 0.25) is 0 Å². The van der Waals surface area contributed by atoms with Crippen molar-refractivity contribution in [1.29, 1.82) is 0 Å². The van der Waals surface area contributed by atoms with Gasteiger partial charge >= 0.3 is 0 Å². The van der Waals surface area contributed by atoms with E-state index in [1.807, 2.05) is 12.1 Å². The molecule has 0 aliphatic heterocycles. The number of benzene rings is 2. The van der Waals surface area contributed by atoms with E-state index in [4.69, 9.17) is 4.18 Å². The van der Waals surface area contributed by atoms with Crippen molar-refractivity contribution in [1.82, 2.24) is 0 Å². The van der Waals surface area contributed by atoms with Crippen LogP contribution in [0, 0.1) is 0 Å². The van der Waals surface area contributed by atoms with E-state index in [0.717, 1.165) is 17.7 Å². The minimum absolute atomic E-state index is 0.238. The van der Waals surface area contributed by atoms with Gasteiger partial charge in [-0.05, 0) is 41.7 Å². The molecule has 0 unspecified atom stereocenters. The summed E-state index contributed by atoms with van der Waals surface area (Å²) in [4.78, 5) is 1.26. The normalized spacial score (nSPS) is 11.7. The highest BCUT2D eigenvalue weighted by atomic mass is 32.2. The molecule has 0 radical (unpaired) electrons. The molecule has 0 aliphatic rings. The molecule has 0 saturated carbocycles. The second-order valence-electron chi connectivity index (χ2n) is 9.57. The first-order chi connectivity index (χ1) is 15.7. The van der Waals surface area contributed by atoms with Crippen molar-refractivity contribution >= 4 is 22.7 Å². The zero-order chi connectivity index (χ0) is 24.6. The molecule has 0 N–H and O–H groups in total. The predicted molar refractivity (Wildman–Crippen MR) is 144 cm³/mol. The molecule has 2 rings (SSSR count). The Morgan fingerprint density at radius 2 is 1.21 bits per heavy atom. The molecule has 0 saturated heterocycles. The largest absolute Gasteiger partial charge is 0.296 e. The topological polar surface area (TPSA) is 43.4 Å². The Labute approximate surface area is 208 Å². The molecule has 2 aromatic carbocycles. The number of rotatable bonds is 13. The molecule has 5 heteroatoms. The smallest absolute Gasteiger partial charge is 0.266 e. The summed E-state index contributed by atoms with van der Waals surface area (Å²) in [5.41, 5.74) is 1.61. The molecular formula is C28H44O3S2. The van der Waals surface area contributed by atoms with Gasteiger partial charge < -0.3 is 0 Å². The van der Waals surface area contributed by atoms with Crippen molar-refractivity contribution in [2.75, 3.05) is 6.61 Å². The van der Waals surface area contributed by atoms with E-state index in [-0.39, 0.29) is 16.9 Å². The maximum Gasteiger partial charge on any atom is 0.296 e. The van der Waals surface area contributed by atoms with Crippen LogP contribution < -0.4 is 0 Å². The minimum atomic E-state index is -3.57. The quantitative estimate of drug-likeness (QED) is 0.173. The first-order valence-electron chi connectivity index (χ1n) is 12.4. The maximum atomic E-state index is 11.9. The Morgan fingerprint density at radius 3 is 1.70 bits per heavy atom. The summed E-state index contributed by atoms with van der Waals surface area (Å²) in [6, 6.07) is 16.6. The molecule has 33 heavy (non-hydrogen) atoms. The van der Waals surface area contributed by atoms with Gasteiger partial charge in [-0.25, -0.2) is 0 Å². The lowest BCUT2D eigenvalue weighted by Crippen LogP contribution is -2.10. The minimum Gasteiger partial charge on any atom is -0.266 e. The van der Waals surface area contributed by atoms with Crippen LogP contribution >= 0.6 is 12.6 Å². The van der Waals surface area contributed by atoms with Crippen molar-refractivity contribution < 1.29 is 12.6 Å². The summed E-state index contributed by atoms with van der Waals surface area (Å²) in [5.74, 6) is 0. The van der Waals surface area contributed by atoms with Gasteiger partial charge in [-0.1, -0.05) is 116 Å². The van der Waals surface area contributed by atoms with Crippen molar-refractivity contribution in [3.63, 3.8) is 0 Å². The van der Waals surface area contributed by atoms with Crippen LogP contribution in [-0.2, 0) is 19.7 Å². The Hall–Kier alpha value is -1.30. The monoisotopic (exact) mass is 492 g/mol. The van der Waals surface area contributed by atoms with Gasteiger partial charge in [0.2, 0.25) is 0 Å². The highest BCUT2D eigenvalue weighted by Gasteiger charge is 2.13. The van der Waals surface area contributed by atoms with E-state index in [1.54, 1.807) is 30.3 Å². The van der Waals surface area contributed by atoms with Crippen LogP contribution in [0.4, 0.5) is 0 Å². The first-order valence-corrected chi connectivity index (χ1v) is 14.3. The lowest BCUT2D eigenvalue weighted by molar-refractivity contribution is 0.306. The van der Waals surface area contributed by atoms with E-state index in [9.17, 15) is 8.42 Å². The van der Waals surface area contributed by atoms with Crippen molar-refractivity contribution in [3.05, 3.63) is 60.2 Å². The van der Waals surface area contributed by atoms with Gasteiger partial charge in [-0.3, -0.25) is 4.18 Å². The zero-order valence-corrected chi connectivity index (χ0v) is 22.8. The lowest BCUT2D eigenvalue weighted by atomic mass is 9.87. The fourth-order valence-electron chi connectivity index (χ4n) is 3.37. The number of hydrogen-bond donors (Lipinski definition) is 1. The van der Waals surface area contributed by atoms with Crippen LogP contribution in [0.1, 0.15) is 97.5 Å². The Bertz CT molecular complexity index is 839. The number of unbranched alkanes of at least 4 members (excludes halogenated alkanes) is 9. The van der Waals surface area contributed by atoms with Gasteiger partial charge in [0.1, 0.15) is 0 Å². The van der Waals surface area contributed by atoms with Crippen LogP contribution in [0.5, 0.6) is 0 Å². The van der Waals surface area contributed by atoms with Crippen LogP contribution in [0.3, 0.4) is 0 Å². The summed E-state index contributed by atoms with van der Waals surface area (Å²) in [6.45, 7) is 9.15. The summed E-state index contributed by atoms with van der Waals surface area (Å²) in [6.07, 6.45) is 12.3. The van der Waals surface area contributed by atoms with Crippen LogP contribution in [0.15, 0.2) is 64.4 Å². The molecule has 0 aromatic heterocycles. The molecule has 0 amide bonds. The Kier molecular flexibility index (Phi) is 14.7. The molecule has 0 fully saturated rings. The van der Waals surface area contributed by atoms with Gasteiger partial charge in [0.25, 0.3) is 10.1 Å². The summed E-state index contributed by atoms with van der Waals surface area (Å²) in [5, 5.41) is 0.